The molecule has 1 aromatic rings. The first-order chi connectivity index (χ1) is 10.9. The number of aliphatic hydroxyl groups is 1. The maximum atomic E-state index is 12.5. The molecule has 2 amide bonds. The molecule has 126 valence electrons. The van der Waals surface area contributed by atoms with E-state index in [-0.39, 0.29) is 12.6 Å². The fraction of sp³-hybridized carbons (Fsp3) is 0.556. The molecule has 1 atom stereocenters. The van der Waals surface area contributed by atoms with Crippen LogP contribution in [0.25, 0.3) is 0 Å². The van der Waals surface area contributed by atoms with Gasteiger partial charge in [0, 0.05) is 24.9 Å². The van der Waals surface area contributed by atoms with E-state index in [2.05, 4.69) is 5.32 Å². The Labute approximate surface area is 137 Å². The molecule has 1 aliphatic rings. The third kappa shape index (κ3) is 4.10. The lowest BCUT2D eigenvalue weighted by molar-refractivity contribution is -0.146. The van der Waals surface area contributed by atoms with Crippen molar-refractivity contribution >= 4 is 17.5 Å². The van der Waals surface area contributed by atoms with E-state index in [1.54, 1.807) is 4.90 Å². The van der Waals surface area contributed by atoms with Gasteiger partial charge in [0.15, 0.2) is 0 Å². The van der Waals surface area contributed by atoms with E-state index in [1.165, 1.54) is 0 Å². The van der Waals surface area contributed by atoms with Crippen molar-refractivity contribution in [2.24, 2.45) is 0 Å². The van der Waals surface area contributed by atoms with Crippen molar-refractivity contribution in [2.45, 2.75) is 52.5 Å². The maximum Gasteiger partial charge on any atom is 0.313 e. The highest BCUT2D eigenvalue weighted by Crippen LogP contribution is 2.23. The predicted octanol–water partition coefficient (Wildman–Crippen LogP) is 2.31. The standard InChI is InChI=1S/C18H26N2O3/c1-12-10-13(2)16(14(3)11-12)19-17(22)18(23)20-8-5-4-6-15(20)7-9-21/h10-11,15,21H,4-9H2,1-3H3,(H,19,22). The van der Waals surface area contributed by atoms with E-state index in [9.17, 15) is 9.59 Å². The number of carbonyl (C=O) groups excluding carboxylic acids is 2. The fourth-order valence-corrected chi connectivity index (χ4v) is 3.39. The number of amides is 2. The van der Waals surface area contributed by atoms with Gasteiger partial charge in [-0.15, -0.1) is 0 Å². The van der Waals surface area contributed by atoms with Gasteiger partial charge in [0.25, 0.3) is 0 Å². The first-order valence-corrected chi connectivity index (χ1v) is 8.24. The maximum absolute atomic E-state index is 12.5. The minimum atomic E-state index is -0.593. The first-order valence-electron chi connectivity index (χ1n) is 8.24. The molecular weight excluding hydrogens is 292 g/mol. The van der Waals surface area contributed by atoms with Crippen LogP contribution in [0.3, 0.4) is 0 Å². The average molecular weight is 318 g/mol. The minimum Gasteiger partial charge on any atom is -0.396 e. The largest absolute Gasteiger partial charge is 0.396 e. The van der Waals surface area contributed by atoms with Gasteiger partial charge in [-0.2, -0.15) is 0 Å². The average Bonchev–Trinajstić information content (AvgIpc) is 2.51. The number of rotatable bonds is 3. The van der Waals surface area contributed by atoms with Crippen LogP contribution in [0.15, 0.2) is 12.1 Å². The normalized spacial score (nSPS) is 17.9. The van der Waals surface area contributed by atoms with Crippen LogP contribution in [0.1, 0.15) is 42.4 Å². The zero-order valence-corrected chi connectivity index (χ0v) is 14.2. The Morgan fingerprint density at radius 3 is 2.48 bits per heavy atom. The summed E-state index contributed by atoms with van der Waals surface area (Å²) in [6.07, 6.45) is 3.32. The van der Waals surface area contributed by atoms with Gasteiger partial charge in [0.2, 0.25) is 0 Å². The van der Waals surface area contributed by atoms with Crippen LogP contribution in [0.4, 0.5) is 5.69 Å². The number of nitrogens with one attached hydrogen (secondary N) is 1. The van der Waals surface area contributed by atoms with Gasteiger partial charge in [-0.1, -0.05) is 17.7 Å². The molecule has 0 bridgehead atoms. The van der Waals surface area contributed by atoms with Crippen molar-refractivity contribution in [3.8, 4) is 0 Å². The van der Waals surface area contributed by atoms with Crippen LogP contribution >= 0.6 is 0 Å². The molecule has 1 heterocycles. The number of carbonyl (C=O) groups is 2. The predicted molar refractivity (Wildman–Crippen MR) is 90.3 cm³/mol. The summed E-state index contributed by atoms with van der Waals surface area (Å²) in [4.78, 5) is 26.5. The van der Waals surface area contributed by atoms with Gasteiger partial charge in [-0.25, -0.2) is 0 Å². The summed E-state index contributed by atoms with van der Waals surface area (Å²) >= 11 is 0. The molecule has 0 saturated carbocycles. The summed E-state index contributed by atoms with van der Waals surface area (Å²) in [5, 5.41) is 11.9. The van der Waals surface area contributed by atoms with E-state index in [0.29, 0.717) is 18.7 Å². The van der Waals surface area contributed by atoms with Gasteiger partial charge in [0.05, 0.1) is 0 Å². The molecule has 5 nitrogen and oxygen atoms in total. The van der Waals surface area contributed by atoms with Crippen molar-refractivity contribution < 1.29 is 14.7 Å². The Kier molecular flexibility index (Phi) is 5.77. The zero-order chi connectivity index (χ0) is 17.0. The minimum absolute atomic E-state index is 0.0340. The van der Waals surface area contributed by atoms with E-state index in [4.69, 9.17) is 5.11 Å². The molecule has 0 radical (unpaired) electrons. The molecule has 0 aliphatic carbocycles. The monoisotopic (exact) mass is 318 g/mol. The molecule has 1 saturated heterocycles. The summed E-state index contributed by atoms with van der Waals surface area (Å²) < 4.78 is 0. The van der Waals surface area contributed by atoms with Crippen molar-refractivity contribution in [3.63, 3.8) is 0 Å². The molecule has 1 aliphatic heterocycles. The summed E-state index contributed by atoms with van der Waals surface area (Å²) in [6, 6.07) is 3.94. The lowest BCUT2D eigenvalue weighted by atomic mass is 9.99. The molecule has 1 aromatic carbocycles. The smallest absolute Gasteiger partial charge is 0.313 e. The Balaban J connectivity index is 2.12. The highest BCUT2D eigenvalue weighted by molar-refractivity contribution is 6.39. The molecule has 2 rings (SSSR count). The van der Waals surface area contributed by atoms with Crippen LogP contribution < -0.4 is 5.32 Å². The third-order valence-electron chi connectivity index (χ3n) is 4.46. The number of hydrogen-bond acceptors (Lipinski definition) is 3. The molecule has 1 fully saturated rings. The Hall–Kier alpha value is -1.88. The van der Waals surface area contributed by atoms with E-state index < -0.39 is 11.8 Å². The fourth-order valence-electron chi connectivity index (χ4n) is 3.39. The molecule has 0 spiro atoms. The number of piperidine rings is 1. The Morgan fingerprint density at radius 2 is 1.87 bits per heavy atom. The van der Waals surface area contributed by atoms with Gasteiger partial charge in [-0.05, 0) is 57.6 Å². The number of hydrogen-bond donors (Lipinski definition) is 2. The molecular formula is C18H26N2O3. The number of aryl methyl sites for hydroxylation is 3. The highest BCUT2D eigenvalue weighted by atomic mass is 16.3. The van der Waals surface area contributed by atoms with E-state index >= 15 is 0 Å². The SMILES string of the molecule is Cc1cc(C)c(NC(=O)C(=O)N2CCCCC2CCO)c(C)c1. The Morgan fingerprint density at radius 1 is 1.22 bits per heavy atom. The number of likely N-dealkylation sites (tertiary alicyclic amines) is 1. The van der Waals surface area contributed by atoms with E-state index in [1.807, 2.05) is 32.9 Å². The second-order valence-corrected chi connectivity index (χ2v) is 6.39. The van der Waals surface area contributed by atoms with Gasteiger partial charge < -0.3 is 15.3 Å². The molecule has 1 unspecified atom stereocenters. The van der Waals surface area contributed by atoms with Crippen molar-refractivity contribution in [1.82, 2.24) is 4.90 Å². The van der Waals surface area contributed by atoms with Crippen molar-refractivity contribution in [2.75, 3.05) is 18.5 Å². The second-order valence-electron chi connectivity index (χ2n) is 6.39. The van der Waals surface area contributed by atoms with Gasteiger partial charge in [-0.3, -0.25) is 9.59 Å². The van der Waals surface area contributed by atoms with Crippen LogP contribution in [0.5, 0.6) is 0 Å². The highest BCUT2D eigenvalue weighted by Gasteiger charge is 2.30. The topological polar surface area (TPSA) is 69.6 Å². The lowest BCUT2D eigenvalue weighted by Gasteiger charge is -2.35. The zero-order valence-electron chi connectivity index (χ0n) is 14.2. The number of anilines is 1. The lowest BCUT2D eigenvalue weighted by Crippen LogP contribution is -2.48. The first kappa shape index (κ1) is 17.5. The summed E-state index contributed by atoms with van der Waals surface area (Å²) in [6.45, 7) is 6.48. The molecule has 5 heteroatoms. The van der Waals surface area contributed by atoms with Gasteiger partial charge >= 0.3 is 11.8 Å². The van der Waals surface area contributed by atoms with Crippen molar-refractivity contribution in [1.29, 1.82) is 0 Å². The van der Waals surface area contributed by atoms with Crippen LogP contribution in [0.2, 0.25) is 0 Å². The number of aliphatic hydroxyl groups excluding tert-OH is 1. The molecule has 0 aromatic heterocycles. The van der Waals surface area contributed by atoms with Crippen LogP contribution in [-0.4, -0.2) is 41.0 Å². The van der Waals surface area contributed by atoms with Crippen LogP contribution in [0, 0.1) is 20.8 Å². The Bertz CT molecular complexity index is 573. The quantitative estimate of drug-likeness (QED) is 0.840. The number of benzene rings is 1. The third-order valence-corrected chi connectivity index (χ3v) is 4.46. The summed E-state index contributed by atoms with van der Waals surface area (Å²) in [7, 11) is 0. The second kappa shape index (κ2) is 7.59. The number of nitrogens with zero attached hydrogens (tertiary/aromatic N) is 1. The molecule has 23 heavy (non-hydrogen) atoms. The molecule has 2 N–H and O–H groups in total. The van der Waals surface area contributed by atoms with Crippen molar-refractivity contribution in [3.05, 3.63) is 28.8 Å². The summed E-state index contributed by atoms with van der Waals surface area (Å²) in [5.41, 5.74) is 3.75. The van der Waals surface area contributed by atoms with Crippen LogP contribution in [-0.2, 0) is 9.59 Å². The summed E-state index contributed by atoms with van der Waals surface area (Å²) in [5.74, 6) is -1.09. The van der Waals surface area contributed by atoms with Gasteiger partial charge in [0.1, 0.15) is 0 Å². The van der Waals surface area contributed by atoms with E-state index in [0.717, 1.165) is 36.0 Å².